The van der Waals surface area contributed by atoms with E-state index in [-0.39, 0.29) is 18.7 Å². The van der Waals surface area contributed by atoms with Crippen molar-refractivity contribution in [3.05, 3.63) is 65.2 Å². The molecule has 3 N–H and O–H groups in total. The second kappa shape index (κ2) is 8.36. The molecule has 0 fully saturated rings. The van der Waals surface area contributed by atoms with Crippen molar-refractivity contribution in [1.82, 2.24) is 10.6 Å². The molecule has 2 atom stereocenters. The number of methoxy groups -OCH3 is 1. The molecule has 0 saturated carbocycles. The molecule has 24 heavy (non-hydrogen) atoms. The molecule has 0 heterocycles. The van der Waals surface area contributed by atoms with E-state index in [9.17, 15) is 9.90 Å². The summed E-state index contributed by atoms with van der Waals surface area (Å²) in [6, 6.07) is 14.2. The molecule has 5 heteroatoms. The van der Waals surface area contributed by atoms with Crippen LogP contribution < -0.4 is 15.4 Å². The highest BCUT2D eigenvalue weighted by atomic mass is 16.5. The zero-order valence-corrected chi connectivity index (χ0v) is 14.2. The molecule has 2 aromatic rings. The van der Waals surface area contributed by atoms with E-state index in [1.54, 1.807) is 7.11 Å². The Labute approximate surface area is 142 Å². The molecule has 2 rings (SSSR count). The van der Waals surface area contributed by atoms with Crippen molar-refractivity contribution >= 4 is 6.03 Å². The number of benzene rings is 2. The molecule has 0 aliphatic heterocycles. The molecule has 5 nitrogen and oxygen atoms in total. The van der Waals surface area contributed by atoms with Gasteiger partial charge in [0.1, 0.15) is 5.75 Å². The zero-order valence-electron chi connectivity index (χ0n) is 14.2. The van der Waals surface area contributed by atoms with Gasteiger partial charge in [-0.1, -0.05) is 48.0 Å². The summed E-state index contributed by atoms with van der Waals surface area (Å²) in [5.41, 5.74) is 2.86. The van der Waals surface area contributed by atoms with E-state index in [0.717, 1.165) is 22.4 Å². The van der Waals surface area contributed by atoms with Crippen molar-refractivity contribution in [3.63, 3.8) is 0 Å². The van der Waals surface area contributed by atoms with Gasteiger partial charge in [0.05, 0.1) is 25.8 Å². The predicted octanol–water partition coefficient (Wildman–Crippen LogP) is 3.10. The maximum absolute atomic E-state index is 12.3. The number of rotatable bonds is 6. The summed E-state index contributed by atoms with van der Waals surface area (Å²) >= 11 is 0. The number of aryl methyl sites for hydroxylation is 1. The van der Waals surface area contributed by atoms with Crippen LogP contribution in [0, 0.1) is 6.92 Å². The Kier molecular flexibility index (Phi) is 6.21. The van der Waals surface area contributed by atoms with E-state index in [0.29, 0.717) is 0 Å². The quantitative estimate of drug-likeness (QED) is 0.763. The first-order valence-electron chi connectivity index (χ1n) is 7.92. The average Bonchev–Trinajstić information content (AvgIpc) is 2.60. The summed E-state index contributed by atoms with van der Waals surface area (Å²) in [5, 5.41) is 15.2. The fraction of sp³-hybridized carbons (Fsp3) is 0.316. The molecule has 0 aromatic heterocycles. The lowest BCUT2D eigenvalue weighted by Gasteiger charge is -2.21. The first-order chi connectivity index (χ1) is 11.5. The number of aliphatic hydroxyl groups excluding tert-OH is 1. The van der Waals surface area contributed by atoms with Gasteiger partial charge < -0.3 is 20.5 Å². The maximum atomic E-state index is 12.3. The Bertz CT molecular complexity index is 674. The molecule has 0 bridgehead atoms. The molecular weight excluding hydrogens is 304 g/mol. The minimum absolute atomic E-state index is 0.167. The smallest absolute Gasteiger partial charge is 0.315 e. The summed E-state index contributed by atoms with van der Waals surface area (Å²) in [5.74, 6) is 0.732. The third-order valence-electron chi connectivity index (χ3n) is 3.89. The topological polar surface area (TPSA) is 70.6 Å². The minimum atomic E-state index is -0.446. The lowest BCUT2D eigenvalue weighted by atomic mass is 10.0. The van der Waals surface area contributed by atoms with Crippen LogP contribution in [0.4, 0.5) is 4.79 Å². The minimum Gasteiger partial charge on any atom is -0.496 e. The van der Waals surface area contributed by atoms with Crippen LogP contribution in [0.1, 0.15) is 35.7 Å². The third kappa shape index (κ3) is 4.49. The Hall–Kier alpha value is -2.53. The number of carbonyl (C=O) groups is 1. The Morgan fingerprint density at radius 1 is 1.17 bits per heavy atom. The van der Waals surface area contributed by atoms with Crippen LogP contribution in [-0.2, 0) is 0 Å². The van der Waals surface area contributed by atoms with Crippen molar-refractivity contribution in [2.45, 2.75) is 25.9 Å². The van der Waals surface area contributed by atoms with Crippen LogP contribution in [-0.4, -0.2) is 24.9 Å². The van der Waals surface area contributed by atoms with Gasteiger partial charge in [0.2, 0.25) is 0 Å². The maximum Gasteiger partial charge on any atom is 0.315 e. The van der Waals surface area contributed by atoms with Gasteiger partial charge in [0.25, 0.3) is 0 Å². The lowest BCUT2D eigenvalue weighted by Crippen LogP contribution is -2.40. The Morgan fingerprint density at radius 2 is 1.88 bits per heavy atom. The summed E-state index contributed by atoms with van der Waals surface area (Å²) in [7, 11) is 1.61. The third-order valence-corrected chi connectivity index (χ3v) is 3.89. The van der Waals surface area contributed by atoms with E-state index < -0.39 is 6.04 Å². The largest absolute Gasteiger partial charge is 0.496 e. The average molecular weight is 328 g/mol. The van der Waals surface area contributed by atoms with Gasteiger partial charge in [-0.2, -0.15) is 0 Å². The van der Waals surface area contributed by atoms with Crippen LogP contribution in [0.2, 0.25) is 0 Å². The summed E-state index contributed by atoms with van der Waals surface area (Å²) in [4.78, 5) is 12.3. The first kappa shape index (κ1) is 17.8. The molecule has 2 amide bonds. The zero-order chi connectivity index (χ0) is 17.5. The number of urea groups is 1. The molecule has 2 aromatic carbocycles. The van der Waals surface area contributed by atoms with Gasteiger partial charge in [-0.05, 0) is 25.5 Å². The van der Waals surface area contributed by atoms with Crippen molar-refractivity contribution in [3.8, 4) is 5.75 Å². The van der Waals surface area contributed by atoms with Crippen molar-refractivity contribution in [1.29, 1.82) is 0 Å². The molecule has 128 valence electrons. The summed E-state index contributed by atoms with van der Waals surface area (Å²) in [6.45, 7) is 3.72. The summed E-state index contributed by atoms with van der Waals surface area (Å²) < 4.78 is 5.36. The highest BCUT2D eigenvalue weighted by molar-refractivity contribution is 5.75. The van der Waals surface area contributed by atoms with E-state index in [2.05, 4.69) is 10.6 Å². The number of hydrogen-bond acceptors (Lipinski definition) is 3. The van der Waals surface area contributed by atoms with E-state index >= 15 is 0 Å². The number of carbonyl (C=O) groups excluding carboxylic acids is 1. The molecule has 0 spiro atoms. The van der Waals surface area contributed by atoms with Gasteiger partial charge in [-0.15, -0.1) is 0 Å². The SMILES string of the molecule is COc1ccc(C)cc1C(C)NC(=O)NC(CO)c1ccccc1. The number of aliphatic hydroxyl groups is 1. The number of ether oxygens (including phenoxy) is 1. The molecular formula is C19H24N2O3. The van der Waals surface area contributed by atoms with Gasteiger partial charge in [-0.3, -0.25) is 0 Å². The molecule has 0 aliphatic rings. The van der Waals surface area contributed by atoms with E-state index in [1.807, 2.05) is 62.4 Å². The highest BCUT2D eigenvalue weighted by Crippen LogP contribution is 2.26. The van der Waals surface area contributed by atoms with Gasteiger partial charge in [-0.25, -0.2) is 4.79 Å². The molecule has 0 saturated heterocycles. The lowest BCUT2D eigenvalue weighted by molar-refractivity contribution is 0.214. The van der Waals surface area contributed by atoms with Gasteiger partial charge in [0.15, 0.2) is 0 Å². The normalized spacial score (nSPS) is 13.0. The monoisotopic (exact) mass is 328 g/mol. The second-order valence-corrected chi connectivity index (χ2v) is 5.73. The van der Waals surface area contributed by atoms with Crippen LogP contribution in [0.15, 0.2) is 48.5 Å². The van der Waals surface area contributed by atoms with Crippen LogP contribution in [0.5, 0.6) is 5.75 Å². The van der Waals surface area contributed by atoms with E-state index in [1.165, 1.54) is 0 Å². The molecule has 0 radical (unpaired) electrons. The number of hydrogen-bond donors (Lipinski definition) is 3. The van der Waals surface area contributed by atoms with Gasteiger partial charge in [0, 0.05) is 5.56 Å². The van der Waals surface area contributed by atoms with Crippen LogP contribution in [0.3, 0.4) is 0 Å². The fourth-order valence-corrected chi connectivity index (χ4v) is 2.59. The standard InChI is InChI=1S/C19H24N2O3/c1-13-9-10-18(24-3)16(11-13)14(2)20-19(23)21-17(12-22)15-7-5-4-6-8-15/h4-11,14,17,22H,12H2,1-3H3,(H2,20,21,23). The summed E-state index contributed by atoms with van der Waals surface area (Å²) in [6.07, 6.45) is 0. The molecule has 2 unspecified atom stereocenters. The Morgan fingerprint density at radius 3 is 2.50 bits per heavy atom. The number of nitrogens with one attached hydrogen (secondary N) is 2. The number of amides is 2. The van der Waals surface area contributed by atoms with Crippen LogP contribution >= 0.6 is 0 Å². The van der Waals surface area contributed by atoms with Crippen molar-refractivity contribution in [2.24, 2.45) is 0 Å². The van der Waals surface area contributed by atoms with Crippen LogP contribution in [0.25, 0.3) is 0 Å². The Balaban J connectivity index is 2.05. The second-order valence-electron chi connectivity index (χ2n) is 5.73. The van der Waals surface area contributed by atoms with Crippen molar-refractivity contribution in [2.75, 3.05) is 13.7 Å². The predicted molar refractivity (Wildman–Crippen MR) is 94.1 cm³/mol. The fourth-order valence-electron chi connectivity index (χ4n) is 2.59. The highest BCUT2D eigenvalue weighted by Gasteiger charge is 2.17. The van der Waals surface area contributed by atoms with Crippen molar-refractivity contribution < 1.29 is 14.6 Å². The van der Waals surface area contributed by atoms with E-state index in [4.69, 9.17) is 4.74 Å². The van der Waals surface area contributed by atoms with Gasteiger partial charge >= 0.3 is 6.03 Å². The first-order valence-corrected chi connectivity index (χ1v) is 7.92. The molecule has 0 aliphatic carbocycles.